The van der Waals surface area contributed by atoms with Crippen molar-refractivity contribution in [1.29, 1.82) is 0 Å². The minimum absolute atomic E-state index is 0.0831. The number of hydrogen-bond acceptors (Lipinski definition) is 10. The van der Waals surface area contributed by atoms with Crippen LogP contribution in [-0.4, -0.2) is 90.8 Å². The van der Waals surface area contributed by atoms with Gasteiger partial charge in [0.15, 0.2) is 34.6 Å². The standard InChI is InChI=1S/C34H48O10/c1-3-5-7-29(35)27-9-11-31-33(25-27)43-23-19-39-15-13-38-18-22-42-32-12-10-28(30(36)8-6-4-2)26-34(32)44-24-20-40-16-14-37-17-21-41-31/h9-12,25-26H,3-8,13-24H2,1-2H3. The van der Waals surface area contributed by atoms with Gasteiger partial charge in [0.05, 0.1) is 52.9 Å². The minimum atomic E-state index is 0.0831. The molecule has 2 aromatic carbocycles. The van der Waals surface area contributed by atoms with Crippen LogP contribution in [-0.2, 0) is 18.9 Å². The van der Waals surface area contributed by atoms with Crippen molar-refractivity contribution in [3.63, 3.8) is 0 Å². The number of benzene rings is 2. The molecular formula is C34H48O10. The van der Waals surface area contributed by atoms with E-state index in [2.05, 4.69) is 13.8 Å². The number of Topliss-reactive ketones (excluding diaryl/α,β-unsaturated/α-hetero) is 2. The molecule has 44 heavy (non-hydrogen) atoms. The van der Waals surface area contributed by atoms with Crippen LogP contribution in [0.2, 0.25) is 0 Å². The molecule has 244 valence electrons. The van der Waals surface area contributed by atoms with Gasteiger partial charge in [0.1, 0.15) is 26.4 Å². The van der Waals surface area contributed by atoms with E-state index in [1.807, 2.05) is 0 Å². The maximum atomic E-state index is 12.6. The van der Waals surface area contributed by atoms with Crippen molar-refractivity contribution >= 4 is 11.6 Å². The lowest BCUT2D eigenvalue weighted by Gasteiger charge is -2.15. The quantitative estimate of drug-likeness (QED) is 0.341. The third-order valence-corrected chi connectivity index (χ3v) is 6.73. The maximum Gasteiger partial charge on any atom is 0.163 e. The molecule has 0 saturated carbocycles. The van der Waals surface area contributed by atoms with Crippen LogP contribution < -0.4 is 18.9 Å². The predicted molar refractivity (Wildman–Crippen MR) is 166 cm³/mol. The molecule has 0 fully saturated rings. The first-order chi connectivity index (χ1) is 21.6. The fraction of sp³-hybridized carbons (Fsp3) is 0.588. The molecule has 0 bridgehead atoms. The Balaban J connectivity index is 1.55. The fourth-order valence-corrected chi connectivity index (χ4v) is 4.28. The number of carbonyl (C=O) groups is 2. The molecular weight excluding hydrogens is 568 g/mol. The van der Waals surface area contributed by atoms with E-state index in [1.165, 1.54) is 0 Å². The molecule has 0 atom stereocenters. The highest BCUT2D eigenvalue weighted by Crippen LogP contribution is 2.30. The molecule has 0 spiro atoms. The van der Waals surface area contributed by atoms with E-state index < -0.39 is 0 Å². The minimum Gasteiger partial charge on any atom is -0.487 e. The van der Waals surface area contributed by atoms with Crippen molar-refractivity contribution in [2.75, 3.05) is 79.3 Å². The van der Waals surface area contributed by atoms with Gasteiger partial charge in [0.2, 0.25) is 0 Å². The summed E-state index contributed by atoms with van der Waals surface area (Å²) in [5.41, 5.74) is 1.21. The summed E-state index contributed by atoms with van der Waals surface area (Å²) in [6, 6.07) is 10.5. The van der Waals surface area contributed by atoms with Gasteiger partial charge in [-0.05, 0) is 49.2 Å². The van der Waals surface area contributed by atoms with Gasteiger partial charge in [0, 0.05) is 24.0 Å². The highest BCUT2D eigenvalue weighted by Gasteiger charge is 2.14. The second-order valence-corrected chi connectivity index (χ2v) is 10.2. The SMILES string of the molecule is CCCCC(=O)c1ccc2c(c1)OCCOCCOCCOc1ccc(C(=O)CCCC)cc1OCCOCCOCCO2. The van der Waals surface area contributed by atoms with Gasteiger partial charge in [-0.15, -0.1) is 0 Å². The molecule has 0 amide bonds. The summed E-state index contributed by atoms with van der Waals surface area (Å²) >= 11 is 0. The summed E-state index contributed by atoms with van der Waals surface area (Å²) in [5.74, 6) is 2.25. The highest BCUT2D eigenvalue weighted by molar-refractivity contribution is 5.97. The average Bonchev–Trinajstić information content (AvgIpc) is 3.04. The zero-order valence-electron chi connectivity index (χ0n) is 26.3. The fourth-order valence-electron chi connectivity index (χ4n) is 4.28. The summed E-state index contributed by atoms with van der Waals surface area (Å²) < 4.78 is 46.3. The predicted octanol–water partition coefficient (Wildman–Crippen LogP) is 5.73. The third kappa shape index (κ3) is 13.2. The number of ether oxygens (including phenoxy) is 8. The number of fused-ring (bicyclic) bond motifs is 2. The van der Waals surface area contributed by atoms with Crippen LogP contribution in [0.1, 0.15) is 73.1 Å². The first kappa shape index (κ1) is 35.3. The van der Waals surface area contributed by atoms with Gasteiger partial charge in [0.25, 0.3) is 0 Å². The van der Waals surface area contributed by atoms with E-state index in [-0.39, 0.29) is 11.6 Å². The smallest absolute Gasteiger partial charge is 0.163 e. The van der Waals surface area contributed by atoms with E-state index in [0.717, 1.165) is 25.7 Å². The molecule has 0 aliphatic carbocycles. The van der Waals surface area contributed by atoms with Gasteiger partial charge in [-0.25, -0.2) is 0 Å². The van der Waals surface area contributed by atoms with E-state index in [0.29, 0.717) is 126 Å². The van der Waals surface area contributed by atoms with Gasteiger partial charge in [-0.2, -0.15) is 0 Å². The molecule has 10 heteroatoms. The van der Waals surface area contributed by atoms with Crippen molar-refractivity contribution in [2.24, 2.45) is 0 Å². The highest BCUT2D eigenvalue weighted by atomic mass is 16.6. The number of rotatable bonds is 8. The Morgan fingerprint density at radius 3 is 1.14 bits per heavy atom. The largest absolute Gasteiger partial charge is 0.487 e. The first-order valence-electron chi connectivity index (χ1n) is 15.8. The monoisotopic (exact) mass is 616 g/mol. The molecule has 3 rings (SSSR count). The zero-order chi connectivity index (χ0) is 31.2. The zero-order valence-corrected chi connectivity index (χ0v) is 26.3. The van der Waals surface area contributed by atoms with E-state index >= 15 is 0 Å². The molecule has 0 radical (unpaired) electrons. The Labute approximate surface area is 261 Å². The normalized spacial score (nSPS) is 16.4. The lowest BCUT2D eigenvalue weighted by molar-refractivity contribution is 0.0223. The molecule has 1 heterocycles. The van der Waals surface area contributed by atoms with Crippen molar-refractivity contribution < 1.29 is 47.5 Å². The number of ketones is 2. The average molecular weight is 617 g/mol. The van der Waals surface area contributed by atoms with Gasteiger partial charge in [-0.3, -0.25) is 9.59 Å². The van der Waals surface area contributed by atoms with E-state index in [9.17, 15) is 9.59 Å². The summed E-state index contributed by atoms with van der Waals surface area (Å²) in [5, 5.41) is 0. The van der Waals surface area contributed by atoms with Crippen molar-refractivity contribution in [3.05, 3.63) is 47.5 Å². The second kappa shape index (κ2) is 21.5. The van der Waals surface area contributed by atoms with Gasteiger partial charge in [-0.1, -0.05) is 26.7 Å². The molecule has 0 unspecified atom stereocenters. The number of carbonyl (C=O) groups excluding carboxylic acids is 2. The molecule has 1 aliphatic heterocycles. The Morgan fingerprint density at radius 2 is 0.795 bits per heavy atom. The molecule has 1 aliphatic rings. The van der Waals surface area contributed by atoms with Crippen molar-refractivity contribution in [3.8, 4) is 23.0 Å². The van der Waals surface area contributed by atoms with Crippen LogP contribution in [0.5, 0.6) is 23.0 Å². The van der Waals surface area contributed by atoms with Crippen LogP contribution in [0.15, 0.2) is 36.4 Å². The third-order valence-electron chi connectivity index (χ3n) is 6.73. The Kier molecular flexibility index (Phi) is 17.3. The van der Waals surface area contributed by atoms with Crippen LogP contribution in [0.25, 0.3) is 0 Å². The van der Waals surface area contributed by atoms with Crippen molar-refractivity contribution in [2.45, 2.75) is 52.4 Å². The van der Waals surface area contributed by atoms with Crippen molar-refractivity contribution in [1.82, 2.24) is 0 Å². The molecule has 0 saturated heterocycles. The summed E-state index contributed by atoms with van der Waals surface area (Å²) in [4.78, 5) is 25.1. The molecule has 0 aromatic heterocycles. The first-order valence-corrected chi connectivity index (χ1v) is 15.8. The van der Waals surface area contributed by atoms with Gasteiger partial charge >= 0.3 is 0 Å². The summed E-state index contributed by atoms with van der Waals surface area (Å²) in [6.45, 7) is 8.32. The molecule has 0 N–H and O–H groups in total. The summed E-state index contributed by atoms with van der Waals surface area (Å²) in [7, 11) is 0. The lowest BCUT2D eigenvalue weighted by atomic mass is 10.1. The van der Waals surface area contributed by atoms with Crippen LogP contribution >= 0.6 is 0 Å². The van der Waals surface area contributed by atoms with Crippen LogP contribution in [0, 0.1) is 0 Å². The molecule has 10 nitrogen and oxygen atoms in total. The van der Waals surface area contributed by atoms with Gasteiger partial charge < -0.3 is 37.9 Å². The van der Waals surface area contributed by atoms with E-state index in [1.54, 1.807) is 36.4 Å². The summed E-state index contributed by atoms with van der Waals surface area (Å²) in [6.07, 6.45) is 4.61. The Bertz CT molecular complexity index is 1030. The topological polar surface area (TPSA) is 108 Å². The maximum absolute atomic E-state index is 12.6. The Hall–Kier alpha value is -3.18. The number of hydrogen-bond donors (Lipinski definition) is 0. The van der Waals surface area contributed by atoms with E-state index in [4.69, 9.17) is 37.9 Å². The lowest BCUT2D eigenvalue weighted by Crippen LogP contribution is -2.16. The van der Waals surface area contributed by atoms with Crippen LogP contribution in [0.3, 0.4) is 0 Å². The number of unbranched alkanes of at least 4 members (excludes halogenated alkanes) is 2. The molecule has 2 aromatic rings. The second-order valence-electron chi connectivity index (χ2n) is 10.2. The van der Waals surface area contributed by atoms with Crippen LogP contribution in [0.4, 0.5) is 0 Å². The Morgan fingerprint density at radius 1 is 0.477 bits per heavy atom.